The number of nitrogens with zero attached hydrogens (tertiary/aromatic N) is 1. The van der Waals surface area contributed by atoms with E-state index in [0.29, 0.717) is 18.9 Å². The van der Waals surface area contributed by atoms with Gasteiger partial charge in [-0.05, 0) is 26.2 Å². The Morgan fingerprint density at radius 1 is 1.29 bits per heavy atom. The molecule has 0 atom stereocenters. The number of benzene rings is 1. The first-order chi connectivity index (χ1) is 7.87. The molecule has 0 saturated heterocycles. The molecule has 6 heteroatoms. The summed E-state index contributed by atoms with van der Waals surface area (Å²) in [5, 5.41) is 1.43. The van der Waals surface area contributed by atoms with Crippen molar-refractivity contribution in [2.75, 3.05) is 32.6 Å². The molecule has 1 aromatic rings. The fourth-order valence-electron chi connectivity index (χ4n) is 1.17. The van der Waals surface area contributed by atoms with Crippen molar-refractivity contribution in [3.63, 3.8) is 0 Å². The molecule has 3 nitrogen and oxygen atoms in total. The first kappa shape index (κ1) is 13.6. The second-order valence-electron chi connectivity index (χ2n) is 3.80. The van der Waals surface area contributed by atoms with Gasteiger partial charge in [0.05, 0.1) is 0 Å². The van der Waals surface area contributed by atoms with Crippen LogP contribution in [-0.2, 0) is 0 Å². The van der Waals surface area contributed by atoms with E-state index in [2.05, 4.69) is 0 Å². The summed E-state index contributed by atoms with van der Waals surface area (Å²) in [6.07, 6.45) is -4.43. The van der Waals surface area contributed by atoms with Crippen molar-refractivity contribution in [2.24, 2.45) is 0 Å². The van der Waals surface area contributed by atoms with Crippen molar-refractivity contribution in [3.05, 3.63) is 24.3 Å². The summed E-state index contributed by atoms with van der Waals surface area (Å²) in [5.74, 6) is 0.418. The lowest BCUT2D eigenvalue weighted by Gasteiger charge is -2.13. The Kier molecular flexibility index (Phi) is 4.62. The standard InChI is InChI=1S/C11H15F3N2O/c1-16(2)6-7-17-10-5-3-4-9(8-10)15-11(12,13)14/h3-5,8,15H,6-7H2,1-2H3. The molecule has 0 radical (unpaired) electrons. The summed E-state index contributed by atoms with van der Waals surface area (Å²) in [7, 11) is 3.79. The number of ether oxygens (including phenoxy) is 1. The molecule has 0 heterocycles. The molecule has 0 bridgehead atoms. The topological polar surface area (TPSA) is 24.5 Å². The Balaban J connectivity index is 2.54. The third kappa shape index (κ3) is 6.01. The van der Waals surface area contributed by atoms with Crippen LogP contribution in [0.5, 0.6) is 5.75 Å². The van der Waals surface area contributed by atoms with E-state index in [-0.39, 0.29) is 5.69 Å². The van der Waals surface area contributed by atoms with E-state index in [0.717, 1.165) is 0 Å². The molecule has 0 amide bonds. The number of nitrogens with one attached hydrogen (secondary N) is 1. The van der Waals surface area contributed by atoms with Crippen LogP contribution in [-0.4, -0.2) is 38.4 Å². The SMILES string of the molecule is CN(C)CCOc1cccc(NC(F)(F)F)c1. The van der Waals surface area contributed by atoms with Crippen molar-refractivity contribution in [3.8, 4) is 5.75 Å². The Labute approximate surface area is 98.2 Å². The van der Waals surface area contributed by atoms with E-state index < -0.39 is 6.30 Å². The lowest BCUT2D eigenvalue weighted by Crippen LogP contribution is -2.21. The van der Waals surface area contributed by atoms with Crippen LogP contribution in [0.3, 0.4) is 0 Å². The van der Waals surface area contributed by atoms with Gasteiger partial charge < -0.3 is 9.64 Å². The molecule has 96 valence electrons. The van der Waals surface area contributed by atoms with Gasteiger partial charge in [-0.15, -0.1) is 0 Å². The zero-order valence-corrected chi connectivity index (χ0v) is 9.71. The van der Waals surface area contributed by atoms with Crippen molar-refractivity contribution < 1.29 is 17.9 Å². The number of hydrogen-bond donors (Lipinski definition) is 1. The van der Waals surface area contributed by atoms with E-state index in [1.165, 1.54) is 23.5 Å². The minimum absolute atomic E-state index is 0.0279. The fraction of sp³-hybridized carbons (Fsp3) is 0.455. The maximum Gasteiger partial charge on any atom is 0.482 e. The van der Waals surface area contributed by atoms with Crippen LogP contribution >= 0.6 is 0 Å². The molecule has 1 N–H and O–H groups in total. The molecule has 1 rings (SSSR count). The van der Waals surface area contributed by atoms with Gasteiger partial charge in [0.1, 0.15) is 12.4 Å². The van der Waals surface area contributed by atoms with E-state index in [9.17, 15) is 13.2 Å². The van der Waals surface area contributed by atoms with Gasteiger partial charge >= 0.3 is 6.30 Å². The summed E-state index contributed by atoms with van der Waals surface area (Å²) in [6, 6.07) is 5.80. The number of alkyl halides is 3. The molecule has 17 heavy (non-hydrogen) atoms. The average molecular weight is 248 g/mol. The Morgan fingerprint density at radius 2 is 2.00 bits per heavy atom. The van der Waals surface area contributed by atoms with Crippen LogP contribution in [0, 0.1) is 0 Å². The van der Waals surface area contributed by atoms with Gasteiger partial charge in [0.15, 0.2) is 0 Å². The van der Waals surface area contributed by atoms with Gasteiger partial charge in [0.25, 0.3) is 0 Å². The number of hydrogen-bond acceptors (Lipinski definition) is 3. The maximum atomic E-state index is 12.1. The first-order valence-electron chi connectivity index (χ1n) is 5.09. The number of rotatable bonds is 5. The van der Waals surface area contributed by atoms with Crippen LogP contribution in [0.4, 0.5) is 18.9 Å². The van der Waals surface area contributed by atoms with E-state index >= 15 is 0 Å². The Bertz CT molecular complexity index is 353. The minimum atomic E-state index is -4.43. The number of anilines is 1. The summed E-state index contributed by atoms with van der Waals surface area (Å²) < 4.78 is 41.5. The highest BCUT2D eigenvalue weighted by molar-refractivity contribution is 5.48. The van der Waals surface area contributed by atoms with Crippen molar-refractivity contribution in [1.29, 1.82) is 0 Å². The Hall–Kier alpha value is -1.43. The zero-order valence-electron chi connectivity index (χ0n) is 9.71. The zero-order chi connectivity index (χ0) is 12.9. The average Bonchev–Trinajstić information content (AvgIpc) is 2.14. The van der Waals surface area contributed by atoms with Crippen molar-refractivity contribution in [1.82, 2.24) is 4.90 Å². The molecule has 0 aromatic heterocycles. The van der Waals surface area contributed by atoms with Crippen molar-refractivity contribution in [2.45, 2.75) is 6.30 Å². The van der Waals surface area contributed by atoms with Crippen LogP contribution in [0.25, 0.3) is 0 Å². The molecular weight excluding hydrogens is 233 g/mol. The summed E-state index contributed by atoms with van der Waals surface area (Å²) in [5.41, 5.74) is -0.0279. The largest absolute Gasteiger partial charge is 0.492 e. The van der Waals surface area contributed by atoms with E-state index in [1.807, 2.05) is 19.0 Å². The van der Waals surface area contributed by atoms with Gasteiger partial charge in [-0.1, -0.05) is 6.07 Å². The number of halogens is 3. The molecule has 0 aliphatic carbocycles. The first-order valence-corrected chi connectivity index (χ1v) is 5.09. The molecule has 0 aliphatic heterocycles. The van der Waals surface area contributed by atoms with Gasteiger partial charge in [0, 0.05) is 18.3 Å². The summed E-state index contributed by atoms with van der Waals surface area (Å²) >= 11 is 0. The molecule has 0 aliphatic rings. The third-order valence-electron chi connectivity index (χ3n) is 1.93. The maximum absolute atomic E-state index is 12.1. The monoisotopic (exact) mass is 248 g/mol. The van der Waals surface area contributed by atoms with Gasteiger partial charge in [0.2, 0.25) is 0 Å². The van der Waals surface area contributed by atoms with E-state index in [4.69, 9.17) is 4.74 Å². The molecular formula is C11H15F3N2O. The lowest BCUT2D eigenvalue weighted by atomic mass is 10.3. The predicted molar refractivity (Wildman–Crippen MR) is 60.2 cm³/mol. The lowest BCUT2D eigenvalue weighted by molar-refractivity contribution is -0.0999. The molecule has 0 spiro atoms. The summed E-state index contributed by atoms with van der Waals surface area (Å²) in [4.78, 5) is 1.93. The van der Waals surface area contributed by atoms with Crippen LogP contribution in [0.1, 0.15) is 0 Å². The van der Waals surface area contributed by atoms with Crippen LogP contribution in [0.15, 0.2) is 24.3 Å². The highest BCUT2D eigenvalue weighted by Crippen LogP contribution is 2.23. The normalized spacial score (nSPS) is 11.6. The molecule has 0 saturated carbocycles. The fourth-order valence-corrected chi connectivity index (χ4v) is 1.17. The van der Waals surface area contributed by atoms with E-state index in [1.54, 1.807) is 6.07 Å². The number of likely N-dealkylation sites (N-methyl/N-ethyl adjacent to an activating group) is 1. The highest BCUT2D eigenvalue weighted by atomic mass is 19.4. The van der Waals surface area contributed by atoms with Crippen LogP contribution < -0.4 is 10.1 Å². The van der Waals surface area contributed by atoms with Crippen LogP contribution in [0.2, 0.25) is 0 Å². The predicted octanol–water partition coefficient (Wildman–Crippen LogP) is 2.56. The second-order valence-corrected chi connectivity index (χ2v) is 3.80. The molecule has 1 aromatic carbocycles. The van der Waals surface area contributed by atoms with Gasteiger partial charge in [-0.25, -0.2) is 0 Å². The second kappa shape index (κ2) is 5.77. The van der Waals surface area contributed by atoms with Gasteiger partial charge in [-0.3, -0.25) is 5.32 Å². The molecule has 0 fully saturated rings. The quantitative estimate of drug-likeness (QED) is 0.810. The van der Waals surface area contributed by atoms with Crippen molar-refractivity contribution >= 4 is 5.69 Å². The van der Waals surface area contributed by atoms with Gasteiger partial charge in [-0.2, -0.15) is 13.2 Å². The minimum Gasteiger partial charge on any atom is -0.492 e. The molecule has 0 unspecified atom stereocenters. The third-order valence-corrected chi connectivity index (χ3v) is 1.93. The Morgan fingerprint density at radius 3 is 2.59 bits per heavy atom. The highest BCUT2D eigenvalue weighted by Gasteiger charge is 2.26. The smallest absolute Gasteiger partial charge is 0.482 e. The summed E-state index contributed by atoms with van der Waals surface area (Å²) in [6.45, 7) is 1.14.